The second kappa shape index (κ2) is 7.81. The van der Waals surface area contributed by atoms with Gasteiger partial charge in [0, 0.05) is 11.4 Å². The van der Waals surface area contributed by atoms with Crippen molar-refractivity contribution in [2.75, 3.05) is 23.0 Å². The molecule has 0 radical (unpaired) electrons. The maximum atomic E-state index is 11.8. The summed E-state index contributed by atoms with van der Waals surface area (Å²) in [4.78, 5) is 11.8. The molecule has 112 valence electrons. The number of rotatable bonds is 5. The molecule has 0 aliphatic heterocycles. The molecule has 3 N–H and O–H groups in total. The second-order valence-electron chi connectivity index (χ2n) is 3.65. The number of hydrogen-bond donors (Lipinski definition) is 3. The summed E-state index contributed by atoms with van der Waals surface area (Å²) in [5.41, 5.74) is 0.515. The molecule has 0 bridgehead atoms. The summed E-state index contributed by atoms with van der Waals surface area (Å²) in [6, 6.07) is 4.32. The van der Waals surface area contributed by atoms with Crippen LogP contribution in [0.15, 0.2) is 22.5 Å². The molecule has 2 amide bonds. The van der Waals surface area contributed by atoms with E-state index in [9.17, 15) is 4.79 Å². The van der Waals surface area contributed by atoms with Crippen molar-refractivity contribution in [2.24, 2.45) is 0 Å². The summed E-state index contributed by atoms with van der Waals surface area (Å²) in [6.07, 6.45) is 0. The van der Waals surface area contributed by atoms with E-state index in [-0.39, 0.29) is 6.61 Å². The summed E-state index contributed by atoms with van der Waals surface area (Å²) in [7, 11) is 0. The first kappa shape index (κ1) is 16.3. The smallest absolute Gasteiger partial charge is 0.325 e. The number of aromatic nitrogens is 2. The highest BCUT2D eigenvalue weighted by Gasteiger charge is 2.09. The van der Waals surface area contributed by atoms with Crippen molar-refractivity contribution < 1.29 is 9.90 Å². The van der Waals surface area contributed by atoms with E-state index in [2.05, 4.69) is 20.8 Å². The molecule has 1 heterocycles. The van der Waals surface area contributed by atoms with E-state index in [0.29, 0.717) is 31.0 Å². The molecule has 2 aromatic rings. The molecule has 0 saturated carbocycles. The number of benzene rings is 1. The standard InChI is InChI=1S/C11H10Cl2N4O2S2/c12-7-2-1-6(5-8(7)13)14-9(19)15-10-16-17-11(21-10)20-4-3-18/h1-2,5,18H,3-4H2,(H2,14,15,16,19). The largest absolute Gasteiger partial charge is 0.396 e. The van der Waals surface area contributed by atoms with Crippen LogP contribution in [0.5, 0.6) is 0 Å². The number of aliphatic hydroxyl groups is 1. The first-order chi connectivity index (χ1) is 10.1. The molecular formula is C11H10Cl2N4O2S2. The number of urea groups is 1. The van der Waals surface area contributed by atoms with Gasteiger partial charge in [-0.3, -0.25) is 5.32 Å². The van der Waals surface area contributed by atoms with Gasteiger partial charge in [0.2, 0.25) is 5.13 Å². The third-order valence-corrected chi connectivity index (χ3v) is 4.81. The summed E-state index contributed by atoms with van der Waals surface area (Å²) >= 11 is 14.3. The Kier molecular flexibility index (Phi) is 6.07. The van der Waals surface area contributed by atoms with Gasteiger partial charge in [-0.2, -0.15) is 0 Å². The van der Waals surface area contributed by atoms with Crippen LogP contribution in [0.4, 0.5) is 15.6 Å². The van der Waals surface area contributed by atoms with Gasteiger partial charge in [-0.25, -0.2) is 4.79 Å². The molecule has 0 unspecified atom stereocenters. The predicted molar refractivity (Wildman–Crippen MR) is 86.8 cm³/mol. The van der Waals surface area contributed by atoms with E-state index in [0.717, 1.165) is 0 Å². The molecule has 2 rings (SSSR count). The third kappa shape index (κ3) is 5.01. The van der Waals surface area contributed by atoms with Crippen molar-refractivity contribution in [3.8, 4) is 0 Å². The Labute approximate surface area is 138 Å². The third-order valence-electron chi connectivity index (χ3n) is 2.12. The summed E-state index contributed by atoms with van der Waals surface area (Å²) in [5, 5.41) is 22.7. The minimum Gasteiger partial charge on any atom is -0.396 e. The number of aliphatic hydroxyl groups excluding tert-OH is 1. The zero-order valence-corrected chi connectivity index (χ0v) is 13.6. The minimum absolute atomic E-state index is 0.0603. The van der Waals surface area contributed by atoms with Crippen LogP contribution in [0.25, 0.3) is 0 Å². The minimum atomic E-state index is -0.455. The van der Waals surface area contributed by atoms with Crippen LogP contribution in [0.2, 0.25) is 10.0 Å². The molecule has 0 aliphatic carbocycles. The Bertz CT molecular complexity index is 638. The van der Waals surface area contributed by atoms with E-state index in [1.165, 1.54) is 23.1 Å². The molecule has 10 heteroatoms. The van der Waals surface area contributed by atoms with Crippen molar-refractivity contribution in [1.82, 2.24) is 10.2 Å². The molecule has 6 nitrogen and oxygen atoms in total. The van der Waals surface area contributed by atoms with Crippen LogP contribution in [-0.4, -0.2) is 33.7 Å². The first-order valence-electron chi connectivity index (χ1n) is 5.68. The van der Waals surface area contributed by atoms with Gasteiger partial charge in [-0.1, -0.05) is 46.3 Å². The van der Waals surface area contributed by atoms with Crippen molar-refractivity contribution >= 4 is 63.2 Å². The molecule has 21 heavy (non-hydrogen) atoms. The molecule has 0 fully saturated rings. The summed E-state index contributed by atoms with van der Waals surface area (Å²) in [5.74, 6) is 0.532. The van der Waals surface area contributed by atoms with Gasteiger partial charge in [0.15, 0.2) is 4.34 Å². The Morgan fingerprint density at radius 2 is 2.10 bits per heavy atom. The van der Waals surface area contributed by atoms with Crippen LogP contribution in [0.1, 0.15) is 0 Å². The highest BCUT2D eigenvalue weighted by molar-refractivity contribution is 8.01. The van der Waals surface area contributed by atoms with Crippen molar-refractivity contribution in [3.05, 3.63) is 28.2 Å². The van der Waals surface area contributed by atoms with Gasteiger partial charge in [-0.15, -0.1) is 10.2 Å². The van der Waals surface area contributed by atoms with Gasteiger partial charge in [0.1, 0.15) is 0 Å². The molecule has 0 aliphatic rings. The lowest BCUT2D eigenvalue weighted by atomic mass is 10.3. The van der Waals surface area contributed by atoms with E-state index in [4.69, 9.17) is 28.3 Å². The molecule has 0 atom stereocenters. The summed E-state index contributed by atoms with van der Waals surface area (Å²) in [6.45, 7) is 0.0603. The number of carbonyl (C=O) groups is 1. The van der Waals surface area contributed by atoms with Gasteiger partial charge in [0.05, 0.1) is 16.7 Å². The average Bonchev–Trinajstić information content (AvgIpc) is 2.88. The van der Waals surface area contributed by atoms with Gasteiger partial charge in [-0.05, 0) is 18.2 Å². The highest BCUT2D eigenvalue weighted by Crippen LogP contribution is 2.26. The fourth-order valence-corrected chi connectivity index (χ4v) is 3.14. The highest BCUT2D eigenvalue weighted by atomic mass is 35.5. The molecule has 0 spiro atoms. The lowest BCUT2D eigenvalue weighted by Crippen LogP contribution is -2.19. The van der Waals surface area contributed by atoms with E-state index < -0.39 is 6.03 Å². The SMILES string of the molecule is O=C(Nc1ccc(Cl)c(Cl)c1)Nc1nnc(SCCO)s1. The van der Waals surface area contributed by atoms with Gasteiger partial charge < -0.3 is 10.4 Å². The van der Waals surface area contributed by atoms with Crippen LogP contribution in [-0.2, 0) is 0 Å². The molecule has 0 saturated heterocycles. The Hall–Kier alpha value is -1.06. The average molecular weight is 365 g/mol. The number of thioether (sulfide) groups is 1. The Morgan fingerprint density at radius 1 is 1.29 bits per heavy atom. The maximum Gasteiger partial charge on any atom is 0.325 e. The lowest BCUT2D eigenvalue weighted by molar-refractivity contribution is 0.262. The van der Waals surface area contributed by atoms with E-state index in [1.54, 1.807) is 18.2 Å². The normalized spacial score (nSPS) is 10.4. The van der Waals surface area contributed by atoms with E-state index >= 15 is 0 Å². The van der Waals surface area contributed by atoms with Crippen molar-refractivity contribution in [1.29, 1.82) is 0 Å². The van der Waals surface area contributed by atoms with Gasteiger partial charge in [0.25, 0.3) is 0 Å². The number of amides is 2. The van der Waals surface area contributed by atoms with Crippen LogP contribution in [0, 0.1) is 0 Å². The topological polar surface area (TPSA) is 87.1 Å². The molecule has 1 aromatic carbocycles. The zero-order valence-electron chi connectivity index (χ0n) is 10.5. The van der Waals surface area contributed by atoms with Gasteiger partial charge >= 0.3 is 6.03 Å². The summed E-state index contributed by atoms with van der Waals surface area (Å²) < 4.78 is 0.675. The number of carbonyl (C=O) groups excluding carboxylic acids is 1. The lowest BCUT2D eigenvalue weighted by Gasteiger charge is -2.05. The zero-order chi connectivity index (χ0) is 15.2. The first-order valence-corrected chi connectivity index (χ1v) is 8.24. The number of nitrogens with one attached hydrogen (secondary N) is 2. The molecule has 1 aromatic heterocycles. The second-order valence-corrected chi connectivity index (χ2v) is 6.79. The van der Waals surface area contributed by atoms with Crippen molar-refractivity contribution in [2.45, 2.75) is 4.34 Å². The quantitative estimate of drug-likeness (QED) is 0.557. The monoisotopic (exact) mass is 364 g/mol. The predicted octanol–water partition coefficient (Wildman–Crippen LogP) is 3.57. The Morgan fingerprint density at radius 3 is 2.81 bits per heavy atom. The van der Waals surface area contributed by atoms with Crippen LogP contribution >= 0.6 is 46.3 Å². The van der Waals surface area contributed by atoms with E-state index in [1.807, 2.05) is 0 Å². The number of nitrogens with zero attached hydrogens (tertiary/aromatic N) is 2. The number of anilines is 2. The maximum absolute atomic E-state index is 11.8. The number of halogens is 2. The molecular weight excluding hydrogens is 355 g/mol. The van der Waals surface area contributed by atoms with Crippen LogP contribution in [0.3, 0.4) is 0 Å². The fourth-order valence-electron chi connectivity index (χ4n) is 1.28. The fraction of sp³-hybridized carbons (Fsp3) is 0.182. The van der Waals surface area contributed by atoms with Crippen LogP contribution < -0.4 is 10.6 Å². The Balaban J connectivity index is 1.91. The van der Waals surface area contributed by atoms with Crippen molar-refractivity contribution in [3.63, 3.8) is 0 Å². The number of hydrogen-bond acceptors (Lipinski definition) is 6.